The fourth-order valence-corrected chi connectivity index (χ4v) is 1.83. The van der Waals surface area contributed by atoms with Crippen molar-refractivity contribution < 1.29 is 19.4 Å². The zero-order chi connectivity index (χ0) is 12.4. The van der Waals surface area contributed by atoms with Gasteiger partial charge in [-0.15, -0.1) is 0 Å². The van der Waals surface area contributed by atoms with Crippen molar-refractivity contribution in [3.63, 3.8) is 0 Å². The van der Waals surface area contributed by atoms with Crippen molar-refractivity contribution in [1.29, 1.82) is 0 Å². The van der Waals surface area contributed by atoms with Crippen molar-refractivity contribution in [1.82, 2.24) is 0 Å². The number of aliphatic hydroxyl groups is 1. The van der Waals surface area contributed by atoms with Crippen LogP contribution in [0.4, 0.5) is 0 Å². The Balaban J connectivity index is 2.24. The van der Waals surface area contributed by atoms with E-state index >= 15 is 0 Å². The van der Waals surface area contributed by atoms with Crippen LogP contribution in [0.5, 0.6) is 5.75 Å². The molecule has 1 saturated heterocycles. The van der Waals surface area contributed by atoms with E-state index in [0.717, 1.165) is 5.56 Å². The lowest BCUT2D eigenvalue weighted by Gasteiger charge is -2.16. The van der Waals surface area contributed by atoms with Gasteiger partial charge in [0.2, 0.25) is 0 Å². The third kappa shape index (κ3) is 2.58. The highest BCUT2D eigenvalue weighted by molar-refractivity contribution is 5.76. The summed E-state index contributed by atoms with van der Waals surface area (Å²) in [5, 5.41) is 9.64. The van der Waals surface area contributed by atoms with Gasteiger partial charge in [-0.1, -0.05) is 12.1 Å². The van der Waals surface area contributed by atoms with Crippen LogP contribution in [-0.4, -0.2) is 23.8 Å². The molecule has 0 radical (unpaired) electrons. The van der Waals surface area contributed by atoms with E-state index < -0.39 is 12.2 Å². The summed E-state index contributed by atoms with van der Waals surface area (Å²) in [6.07, 6.45) is -0.608. The molecule has 2 atom stereocenters. The summed E-state index contributed by atoms with van der Waals surface area (Å²) in [6, 6.07) is 5.55. The van der Waals surface area contributed by atoms with Crippen molar-refractivity contribution in [3.05, 3.63) is 29.3 Å². The van der Waals surface area contributed by atoms with E-state index in [0.29, 0.717) is 24.3 Å². The summed E-state index contributed by atoms with van der Waals surface area (Å²) >= 11 is 0. The Hall–Kier alpha value is -1.55. The molecule has 1 unspecified atom stereocenters. The average molecular weight is 236 g/mol. The quantitative estimate of drug-likeness (QED) is 0.812. The molecular weight excluding hydrogens is 220 g/mol. The van der Waals surface area contributed by atoms with Gasteiger partial charge in [0.15, 0.2) is 6.10 Å². The lowest BCUT2D eigenvalue weighted by Crippen LogP contribution is -2.22. The second-order valence-corrected chi connectivity index (χ2v) is 4.28. The number of rotatable bonds is 3. The minimum atomic E-state index is -0.622. The lowest BCUT2D eigenvalue weighted by molar-refractivity contribution is -0.143. The first-order valence-electron chi connectivity index (χ1n) is 5.70. The maximum atomic E-state index is 11.3. The zero-order valence-corrected chi connectivity index (χ0v) is 9.97. The molecule has 0 aliphatic carbocycles. The minimum absolute atomic E-state index is 0.331. The van der Waals surface area contributed by atoms with Crippen LogP contribution in [0.25, 0.3) is 0 Å². The van der Waals surface area contributed by atoms with Crippen molar-refractivity contribution in [2.24, 2.45) is 0 Å². The Morgan fingerprint density at radius 1 is 1.53 bits per heavy atom. The van der Waals surface area contributed by atoms with Crippen LogP contribution in [0.1, 0.15) is 30.6 Å². The van der Waals surface area contributed by atoms with E-state index in [4.69, 9.17) is 9.47 Å². The molecule has 92 valence electrons. The number of ether oxygens (including phenoxy) is 2. The molecule has 1 aliphatic heterocycles. The van der Waals surface area contributed by atoms with Crippen molar-refractivity contribution in [3.8, 4) is 5.75 Å². The molecule has 1 aromatic carbocycles. The summed E-state index contributed by atoms with van der Waals surface area (Å²) in [5.41, 5.74) is 1.71. The monoisotopic (exact) mass is 236 g/mol. The Morgan fingerprint density at radius 3 is 2.88 bits per heavy atom. The summed E-state index contributed by atoms with van der Waals surface area (Å²) in [5.74, 6) is 0.229. The Labute approximate surface area is 100 Å². The highest BCUT2D eigenvalue weighted by Gasteiger charge is 2.29. The Bertz CT molecular complexity index is 425. The highest BCUT2D eigenvalue weighted by Crippen LogP contribution is 2.28. The minimum Gasteiger partial charge on any atom is -0.478 e. The van der Waals surface area contributed by atoms with Gasteiger partial charge in [0.25, 0.3) is 0 Å². The number of aliphatic hydroxyl groups excluding tert-OH is 1. The van der Waals surface area contributed by atoms with E-state index in [1.807, 2.05) is 25.1 Å². The molecule has 4 heteroatoms. The standard InChI is InChI=1S/C13H16O4/c1-8-3-4-10(9(2)14)12(7-8)17-11-5-6-16-13(11)15/h3-4,7,9,11,14H,5-6H2,1-2H3/t9-,11?/m1/s1. The summed E-state index contributed by atoms with van der Waals surface area (Å²) < 4.78 is 10.5. The van der Waals surface area contributed by atoms with Gasteiger partial charge in [-0.2, -0.15) is 0 Å². The average Bonchev–Trinajstić information content (AvgIpc) is 2.64. The Kier molecular flexibility index (Phi) is 3.33. The normalized spacial score (nSPS) is 21.1. The molecule has 1 N–H and O–H groups in total. The van der Waals surface area contributed by atoms with E-state index in [1.54, 1.807) is 6.92 Å². The SMILES string of the molecule is Cc1ccc([C@@H](C)O)c(OC2CCOC2=O)c1. The topological polar surface area (TPSA) is 55.8 Å². The van der Waals surface area contributed by atoms with E-state index in [1.165, 1.54) is 0 Å². The number of hydrogen-bond donors (Lipinski definition) is 1. The molecule has 2 rings (SSSR count). The van der Waals surface area contributed by atoms with Crippen LogP contribution < -0.4 is 4.74 Å². The summed E-state index contributed by atoms with van der Waals surface area (Å²) in [6.45, 7) is 4.01. The number of carbonyl (C=O) groups excluding carboxylic acids is 1. The molecule has 4 nitrogen and oxygen atoms in total. The van der Waals surface area contributed by atoms with Crippen LogP contribution >= 0.6 is 0 Å². The second kappa shape index (κ2) is 4.75. The van der Waals surface area contributed by atoms with Gasteiger partial charge < -0.3 is 14.6 Å². The number of carbonyl (C=O) groups is 1. The molecular formula is C13H16O4. The number of cyclic esters (lactones) is 1. The van der Waals surface area contributed by atoms with Crippen molar-refractivity contribution in [2.45, 2.75) is 32.5 Å². The number of aryl methyl sites for hydroxylation is 1. The molecule has 1 heterocycles. The van der Waals surface area contributed by atoms with E-state index in [9.17, 15) is 9.90 Å². The molecule has 0 bridgehead atoms. The van der Waals surface area contributed by atoms with E-state index in [-0.39, 0.29) is 5.97 Å². The fraction of sp³-hybridized carbons (Fsp3) is 0.462. The van der Waals surface area contributed by atoms with Crippen LogP contribution in [-0.2, 0) is 9.53 Å². The first-order chi connectivity index (χ1) is 8.08. The van der Waals surface area contributed by atoms with Gasteiger partial charge in [-0.3, -0.25) is 0 Å². The van der Waals surface area contributed by atoms with E-state index in [2.05, 4.69) is 0 Å². The Morgan fingerprint density at radius 2 is 2.29 bits per heavy atom. The van der Waals surface area contributed by atoms with Crippen LogP contribution in [0.3, 0.4) is 0 Å². The molecule has 17 heavy (non-hydrogen) atoms. The first kappa shape index (κ1) is 11.9. The molecule has 0 aromatic heterocycles. The third-order valence-electron chi connectivity index (χ3n) is 2.78. The van der Waals surface area contributed by atoms with Gasteiger partial charge >= 0.3 is 5.97 Å². The van der Waals surface area contributed by atoms with Crippen molar-refractivity contribution >= 4 is 5.97 Å². The van der Waals surface area contributed by atoms with Gasteiger partial charge in [0.05, 0.1) is 12.7 Å². The van der Waals surface area contributed by atoms with Gasteiger partial charge in [-0.25, -0.2) is 4.79 Å². The predicted molar refractivity (Wildman–Crippen MR) is 61.8 cm³/mol. The number of esters is 1. The maximum absolute atomic E-state index is 11.3. The summed E-state index contributed by atoms with van der Waals surface area (Å²) in [7, 11) is 0. The molecule has 0 spiro atoms. The van der Waals surface area contributed by atoms with Gasteiger partial charge in [0, 0.05) is 12.0 Å². The van der Waals surface area contributed by atoms with Crippen LogP contribution in [0, 0.1) is 6.92 Å². The molecule has 1 fully saturated rings. The molecule has 0 amide bonds. The number of hydrogen-bond acceptors (Lipinski definition) is 4. The highest BCUT2D eigenvalue weighted by atomic mass is 16.6. The van der Waals surface area contributed by atoms with Crippen molar-refractivity contribution in [2.75, 3.05) is 6.61 Å². The van der Waals surface area contributed by atoms with Crippen LogP contribution in [0.2, 0.25) is 0 Å². The molecule has 0 saturated carbocycles. The second-order valence-electron chi connectivity index (χ2n) is 4.28. The number of benzene rings is 1. The van der Waals surface area contributed by atoms with Crippen LogP contribution in [0.15, 0.2) is 18.2 Å². The predicted octanol–water partition coefficient (Wildman–Crippen LogP) is 1.74. The van der Waals surface area contributed by atoms with Gasteiger partial charge in [-0.05, 0) is 25.5 Å². The lowest BCUT2D eigenvalue weighted by atomic mass is 10.1. The fourth-order valence-electron chi connectivity index (χ4n) is 1.83. The zero-order valence-electron chi connectivity index (χ0n) is 9.97. The first-order valence-corrected chi connectivity index (χ1v) is 5.70. The smallest absolute Gasteiger partial charge is 0.347 e. The molecule has 1 aromatic rings. The third-order valence-corrected chi connectivity index (χ3v) is 2.78. The largest absolute Gasteiger partial charge is 0.478 e. The molecule has 1 aliphatic rings. The maximum Gasteiger partial charge on any atom is 0.347 e. The summed E-state index contributed by atoms with van der Waals surface area (Å²) in [4.78, 5) is 11.3. The van der Waals surface area contributed by atoms with Gasteiger partial charge in [0.1, 0.15) is 5.75 Å².